The molecule has 0 unspecified atom stereocenters. The monoisotopic (exact) mass is 336 g/mol. The first-order chi connectivity index (χ1) is 12.0. The molecule has 1 N–H and O–H groups in total. The lowest BCUT2D eigenvalue weighted by molar-refractivity contribution is -0.255. The van der Waals surface area contributed by atoms with E-state index in [9.17, 15) is 19.5 Å². The molecule has 0 aliphatic carbocycles. The van der Waals surface area contributed by atoms with Gasteiger partial charge in [0.25, 0.3) is 5.56 Å². The predicted octanol–water partition coefficient (Wildman–Crippen LogP) is 0.707. The summed E-state index contributed by atoms with van der Waals surface area (Å²) >= 11 is 0. The Hall–Kier alpha value is -3.48. The Morgan fingerprint density at radius 1 is 1.12 bits per heavy atom. The van der Waals surface area contributed by atoms with Crippen LogP contribution in [0, 0.1) is 6.92 Å². The molecule has 2 aromatic carbocycles. The zero-order valence-electron chi connectivity index (χ0n) is 13.4. The standard InChI is InChI=1S/C18H15N3O4/c1-11-5-4-6-12(9-11)19-15(22)10-21-17(23)14-8-3-2-7-13(14)16(20-21)18(24)25/h2-9H,10H2,1H3,(H,19,22)(H,24,25)/p-1. The molecule has 3 rings (SSSR count). The molecular formula is C18H14N3O4-. The first-order valence-corrected chi connectivity index (χ1v) is 7.53. The molecule has 0 fully saturated rings. The molecule has 0 saturated carbocycles. The van der Waals surface area contributed by atoms with Crippen molar-refractivity contribution in [3.8, 4) is 0 Å². The fraction of sp³-hybridized carbons (Fsp3) is 0.111. The third-order valence-electron chi connectivity index (χ3n) is 3.66. The highest BCUT2D eigenvalue weighted by atomic mass is 16.4. The average molecular weight is 336 g/mol. The van der Waals surface area contributed by atoms with Gasteiger partial charge in [-0.2, -0.15) is 5.10 Å². The van der Waals surface area contributed by atoms with Crippen molar-refractivity contribution in [2.24, 2.45) is 0 Å². The first kappa shape index (κ1) is 16.4. The minimum atomic E-state index is -1.51. The zero-order chi connectivity index (χ0) is 18.0. The summed E-state index contributed by atoms with van der Waals surface area (Å²) in [6, 6.07) is 13.4. The van der Waals surface area contributed by atoms with Crippen molar-refractivity contribution in [2.45, 2.75) is 13.5 Å². The summed E-state index contributed by atoms with van der Waals surface area (Å²) in [4.78, 5) is 35.9. The maximum absolute atomic E-state index is 12.5. The first-order valence-electron chi connectivity index (χ1n) is 7.53. The second-order valence-corrected chi connectivity index (χ2v) is 5.56. The Morgan fingerprint density at radius 2 is 1.84 bits per heavy atom. The number of carbonyl (C=O) groups is 2. The highest BCUT2D eigenvalue weighted by Gasteiger charge is 2.13. The molecule has 0 saturated heterocycles. The van der Waals surface area contributed by atoms with Crippen LogP contribution in [0.2, 0.25) is 0 Å². The van der Waals surface area contributed by atoms with E-state index in [-0.39, 0.29) is 16.5 Å². The van der Waals surface area contributed by atoms with Crippen LogP contribution in [-0.2, 0) is 11.3 Å². The van der Waals surface area contributed by atoms with Gasteiger partial charge in [0, 0.05) is 11.1 Å². The molecule has 0 radical (unpaired) electrons. The van der Waals surface area contributed by atoms with Crippen molar-refractivity contribution >= 4 is 28.3 Å². The van der Waals surface area contributed by atoms with Gasteiger partial charge in [-0.3, -0.25) is 9.59 Å². The minimum absolute atomic E-state index is 0.167. The van der Waals surface area contributed by atoms with Gasteiger partial charge >= 0.3 is 0 Å². The van der Waals surface area contributed by atoms with E-state index < -0.39 is 24.0 Å². The molecule has 0 aliphatic heterocycles. The third kappa shape index (κ3) is 3.40. The van der Waals surface area contributed by atoms with Gasteiger partial charge in [0.15, 0.2) is 0 Å². The van der Waals surface area contributed by atoms with Crippen LogP contribution in [0.1, 0.15) is 16.1 Å². The second-order valence-electron chi connectivity index (χ2n) is 5.56. The number of hydrogen-bond donors (Lipinski definition) is 1. The predicted molar refractivity (Wildman–Crippen MR) is 90.1 cm³/mol. The van der Waals surface area contributed by atoms with Crippen molar-refractivity contribution in [1.29, 1.82) is 0 Å². The molecule has 0 bridgehead atoms. The number of anilines is 1. The van der Waals surface area contributed by atoms with Gasteiger partial charge in [-0.15, -0.1) is 0 Å². The van der Waals surface area contributed by atoms with Crippen LogP contribution >= 0.6 is 0 Å². The fourth-order valence-electron chi connectivity index (χ4n) is 2.55. The molecule has 1 aromatic heterocycles. The topological polar surface area (TPSA) is 104 Å². The lowest BCUT2D eigenvalue weighted by Gasteiger charge is -2.12. The number of aromatic nitrogens is 2. The number of nitrogens with zero attached hydrogens (tertiary/aromatic N) is 2. The SMILES string of the molecule is Cc1cccc(NC(=O)Cn2nc(C(=O)[O-])c3ccccc3c2=O)c1. The number of aryl methyl sites for hydroxylation is 1. The van der Waals surface area contributed by atoms with E-state index in [4.69, 9.17) is 0 Å². The summed E-state index contributed by atoms with van der Waals surface area (Å²) in [5.74, 6) is -2.00. The molecule has 7 nitrogen and oxygen atoms in total. The maximum atomic E-state index is 12.5. The van der Waals surface area contributed by atoms with Crippen LogP contribution in [0.5, 0.6) is 0 Å². The number of amides is 1. The Balaban J connectivity index is 1.96. The van der Waals surface area contributed by atoms with Crippen molar-refractivity contribution < 1.29 is 14.7 Å². The summed E-state index contributed by atoms with van der Waals surface area (Å²) in [5.41, 5.74) is 0.635. The zero-order valence-corrected chi connectivity index (χ0v) is 13.4. The van der Waals surface area contributed by atoms with Crippen molar-refractivity contribution in [3.63, 3.8) is 0 Å². The minimum Gasteiger partial charge on any atom is -0.543 e. The number of hydrogen-bond acceptors (Lipinski definition) is 5. The highest BCUT2D eigenvalue weighted by Crippen LogP contribution is 2.13. The summed E-state index contributed by atoms with van der Waals surface area (Å²) < 4.78 is 0.832. The van der Waals surface area contributed by atoms with E-state index in [1.807, 2.05) is 13.0 Å². The smallest absolute Gasteiger partial charge is 0.275 e. The number of rotatable bonds is 4. The molecule has 0 atom stereocenters. The van der Waals surface area contributed by atoms with E-state index in [1.54, 1.807) is 30.3 Å². The summed E-state index contributed by atoms with van der Waals surface area (Å²) in [5, 5.41) is 18.1. The van der Waals surface area contributed by atoms with Gasteiger partial charge in [0.1, 0.15) is 12.2 Å². The molecule has 0 spiro atoms. The molecule has 1 amide bonds. The van der Waals surface area contributed by atoms with Gasteiger partial charge in [0.05, 0.1) is 11.4 Å². The van der Waals surface area contributed by atoms with Crippen molar-refractivity contribution in [2.75, 3.05) is 5.32 Å². The molecule has 1 heterocycles. The molecule has 0 aliphatic rings. The Morgan fingerprint density at radius 3 is 2.52 bits per heavy atom. The van der Waals surface area contributed by atoms with Crippen LogP contribution in [0.4, 0.5) is 5.69 Å². The largest absolute Gasteiger partial charge is 0.543 e. The Bertz CT molecular complexity index is 1040. The molecule has 126 valence electrons. The second kappa shape index (κ2) is 6.56. The van der Waals surface area contributed by atoms with E-state index in [0.717, 1.165) is 10.2 Å². The van der Waals surface area contributed by atoms with E-state index in [1.165, 1.54) is 12.1 Å². The molecular weight excluding hydrogens is 322 g/mol. The number of carboxylic acids is 1. The van der Waals surface area contributed by atoms with Crippen LogP contribution < -0.4 is 16.0 Å². The summed E-state index contributed by atoms with van der Waals surface area (Å²) in [6.45, 7) is 1.48. The number of fused-ring (bicyclic) bond motifs is 1. The van der Waals surface area contributed by atoms with Crippen molar-refractivity contribution in [3.05, 3.63) is 70.1 Å². The Kier molecular flexibility index (Phi) is 4.30. The van der Waals surface area contributed by atoms with E-state index >= 15 is 0 Å². The number of carboxylic acid groups (broad SMARTS) is 1. The highest BCUT2D eigenvalue weighted by molar-refractivity contribution is 6.00. The third-order valence-corrected chi connectivity index (χ3v) is 3.66. The number of nitrogens with one attached hydrogen (secondary N) is 1. The van der Waals surface area contributed by atoms with Crippen LogP contribution in [0.15, 0.2) is 53.3 Å². The van der Waals surface area contributed by atoms with Crippen molar-refractivity contribution in [1.82, 2.24) is 9.78 Å². The lowest BCUT2D eigenvalue weighted by Crippen LogP contribution is -2.34. The average Bonchev–Trinajstić information content (AvgIpc) is 2.57. The molecule has 3 aromatic rings. The summed E-state index contributed by atoms with van der Waals surface area (Å²) in [6.07, 6.45) is 0. The van der Waals surface area contributed by atoms with E-state index in [2.05, 4.69) is 10.4 Å². The Labute approximate surface area is 142 Å². The van der Waals surface area contributed by atoms with Gasteiger partial charge in [-0.1, -0.05) is 30.3 Å². The van der Waals surface area contributed by atoms with Crippen LogP contribution in [0.25, 0.3) is 10.8 Å². The number of aromatic carboxylic acids is 1. The summed E-state index contributed by atoms with van der Waals surface area (Å²) in [7, 11) is 0. The number of carbonyl (C=O) groups excluding carboxylic acids is 2. The number of benzene rings is 2. The molecule has 7 heteroatoms. The quantitative estimate of drug-likeness (QED) is 0.755. The van der Waals surface area contributed by atoms with E-state index in [0.29, 0.717) is 5.69 Å². The fourth-order valence-corrected chi connectivity index (χ4v) is 2.55. The molecule has 25 heavy (non-hydrogen) atoms. The van der Waals surface area contributed by atoms with Crippen LogP contribution in [-0.4, -0.2) is 21.7 Å². The van der Waals surface area contributed by atoms with Gasteiger partial charge in [-0.25, -0.2) is 4.68 Å². The van der Waals surface area contributed by atoms with Gasteiger partial charge < -0.3 is 15.2 Å². The maximum Gasteiger partial charge on any atom is 0.275 e. The normalized spacial score (nSPS) is 10.6. The lowest BCUT2D eigenvalue weighted by atomic mass is 10.1. The van der Waals surface area contributed by atoms with Crippen LogP contribution in [0.3, 0.4) is 0 Å². The van der Waals surface area contributed by atoms with Gasteiger partial charge in [0.2, 0.25) is 5.91 Å². The van der Waals surface area contributed by atoms with Gasteiger partial charge in [-0.05, 0) is 30.7 Å².